The highest BCUT2D eigenvalue weighted by molar-refractivity contribution is 6.46. The van der Waals surface area contributed by atoms with Gasteiger partial charge in [-0.15, -0.1) is 0 Å². The van der Waals surface area contributed by atoms with Gasteiger partial charge in [-0.3, -0.25) is 24.5 Å². The Morgan fingerprint density at radius 2 is 1.69 bits per heavy atom. The van der Waals surface area contributed by atoms with Gasteiger partial charge in [0.25, 0.3) is 17.4 Å². The summed E-state index contributed by atoms with van der Waals surface area (Å²) in [6.07, 6.45) is 1.48. The number of nitro groups is 1. The van der Waals surface area contributed by atoms with E-state index in [0.717, 1.165) is 0 Å². The van der Waals surface area contributed by atoms with Crippen LogP contribution in [0.15, 0.2) is 54.1 Å². The number of benzene rings is 2. The van der Waals surface area contributed by atoms with Crippen LogP contribution < -0.4 is 4.74 Å². The number of unbranched alkanes of at least 4 members (excludes halogenated alkanes) is 2. The van der Waals surface area contributed by atoms with Crippen LogP contribution in [-0.4, -0.2) is 50.8 Å². The molecule has 3 rings (SSSR count). The molecule has 1 fully saturated rings. The number of likely N-dealkylation sites (tertiary alicyclic amines) is 1. The molecule has 184 valence electrons. The number of nitrogens with zero attached hydrogens (tertiary/aromatic N) is 2. The molecule has 10 nitrogen and oxygen atoms in total. The lowest BCUT2D eigenvalue weighted by Gasteiger charge is -2.25. The average molecular weight is 482 g/mol. The minimum absolute atomic E-state index is 0.0152. The van der Waals surface area contributed by atoms with E-state index >= 15 is 0 Å². The second kappa shape index (κ2) is 11.3. The van der Waals surface area contributed by atoms with Gasteiger partial charge in [-0.05, 0) is 49.6 Å². The summed E-state index contributed by atoms with van der Waals surface area (Å²) in [6.45, 7) is 2.50. The molecule has 2 aromatic rings. The van der Waals surface area contributed by atoms with Crippen molar-refractivity contribution < 1.29 is 34.3 Å². The normalized spacial score (nSPS) is 16.9. The Kier molecular flexibility index (Phi) is 8.19. The van der Waals surface area contributed by atoms with Crippen molar-refractivity contribution in [1.82, 2.24) is 4.90 Å². The number of aliphatic hydroxyl groups excluding tert-OH is 1. The van der Waals surface area contributed by atoms with Crippen LogP contribution in [-0.2, 0) is 14.4 Å². The number of Topliss-reactive ketones (excluding diaryl/α,β-unsaturated/α-hetero) is 1. The molecule has 1 heterocycles. The third kappa shape index (κ3) is 5.84. The number of aliphatic carboxylic acids is 1. The molecule has 0 aromatic heterocycles. The third-order valence-electron chi connectivity index (χ3n) is 5.69. The minimum atomic E-state index is -0.900. The van der Waals surface area contributed by atoms with Crippen LogP contribution in [0.1, 0.15) is 49.8 Å². The topological polar surface area (TPSA) is 147 Å². The fourth-order valence-electron chi connectivity index (χ4n) is 4.00. The van der Waals surface area contributed by atoms with Crippen LogP contribution in [0.3, 0.4) is 0 Å². The Hall–Kier alpha value is -4.21. The smallest absolute Gasteiger partial charge is 0.303 e. The Morgan fingerprint density at radius 1 is 1.03 bits per heavy atom. The fourth-order valence-corrected chi connectivity index (χ4v) is 4.00. The van der Waals surface area contributed by atoms with Crippen molar-refractivity contribution in [3.63, 3.8) is 0 Å². The molecule has 0 radical (unpaired) electrons. The Balaban J connectivity index is 1.98. The summed E-state index contributed by atoms with van der Waals surface area (Å²) in [7, 11) is 0. The molecule has 0 spiro atoms. The van der Waals surface area contributed by atoms with Gasteiger partial charge in [-0.2, -0.15) is 0 Å². The summed E-state index contributed by atoms with van der Waals surface area (Å²) in [5.74, 6) is -2.35. The molecule has 2 N–H and O–H groups in total. The first-order valence-corrected chi connectivity index (χ1v) is 11.2. The van der Waals surface area contributed by atoms with Crippen LogP contribution in [0.25, 0.3) is 5.76 Å². The first-order valence-electron chi connectivity index (χ1n) is 11.2. The minimum Gasteiger partial charge on any atom is -0.507 e. The fraction of sp³-hybridized carbons (Fsp3) is 0.320. The van der Waals surface area contributed by atoms with Gasteiger partial charge in [0, 0.05) is 30.7 Å². The van der Waals surface area contributed by atoms with E-state index in [9.17, 15) is 29.6 Å². The number of hydrogen-bond donors (Lipinski definition) is 2. The number of carboxylic acids is 1. The van der Waals surface area contributed by atoms with Crippen LogP contribution in [0.5, 0.6) is 5.75 Å². The van der Waals surface area contributed by atoms with E-state index in [-0.39, 0.29) is 29.8 Å². The molecule has 0 unspecified atom stereocenters. The SMILES string of the molecule is CCOc1ccc([C@@H]2C(=C(O)c3ccc([N+](=O)[O-])cc3)C(=O)C(=O)N2CCCCCC(=O)O)cc1. The number of nitro benzene ring substituents is 1. The Bertz CT molecular complexity index is 1140. The number of amides is 1. The van der Waals surface area contributed by atoms with Crippen LogP contribution in [0.2, 0.25) is 0 Å². The van der Waals surface area contributed by atoms with E-state index in [0.29, 0.717) is 37.2 Å². The monoisotopic (exact) mass is 482 g/mol. The predicted octanol–water partition coefficient (Wildman–Crippen LogP) is 4.06. The van der Waals surface area contributed by atoms with Crippen molar-refractivity contribution >= 4 is 29.1 Å². The largest absolute Gasteiger partial charge is 0.507 e. The molecule has 1 aliphatic rings. The quantitative estimate of drug-likeness (QED) is 0.122. The summed E-state index contributed by atoms with van der Waals surface area (Å²) in [5, 5.41) is 30.8. The number of non-ortho nitro benzene ring substituents is 1. The van der Waals surface area contributed by atoms with E-state index in [1.165, 1.54) is 29.2 Å². The number of hydrogen-bond acceptors (Lipinski definition) is 7. The van der Waals surface area contributed by atoms with Gasteiger partial charge >= 0.3 is 5.97 Å². The summed E-state index contributed by atoms with van der Waals surface area (Å²) < 4.78 is 5.47. The van der Waals surface area contributed by atoms with Crippen molar-refractivity contribution in [2.24, 2.45) is 0 Å². The van der Waals surface area contributed by atoms with Gasteiger partial charge in [-0.25, -0.2) is 0 Å². The molecule has 0 saturated carbocycles. The zero-order valence-electron chi connectivity index (χ0n) is 19.2. The van der Waals surface area contributed by atoms with Gasteiger partial charge < -0.3 is 19.8 Å². The standard InChI is InChI=1S/C25H26N2O8/c1-2-35-19-13-9-16(10-14-19)22-21(23(30)17-7-11-18(12-8-17)27(33)34)24(31)25(32)26(22)15-5-3-4-6-20(28)29/h7-14,22,30H,2-6,15H2,1H3,(H,28,29)/t22-/m1/s1. The zero-order valence-corrected chi connectivity index (χ0v) is 19.2. The highest BCUT2D eigenvalue weighted by Gasteiger charge is 2.45. The number of aliphatic hydroxyl groups is 1. The number of carboxylic acid groups (broad SMARTS) is 1. The Labute approximate surface area is 201 Å². The van der Waals surface area contributed by atoms with Gasteiger partial charge in [0.2, 0.25) is 0 Å². The molecule has 1 saturated heterocycles. The first kappa shape index (κ1) is 25.4. The van der Waals surface area contributed by atoms with Gasteiger partial charge in [0.05, 0.1) is 23.1 Å². The van der Waals surface area contributed by atoms with Crippen molar-refractivity contribution in [2.45, 2.75) is 38.6 Å². The lowest BCUT2D eigenvalue weighted by atomic mass is 9.95. The number of carbonyl (C=O) groups is 3. The van der Waals surface area contributed by atoms with Gasteiger partial charge in [0.15, 0.2) is 0 Å². The summed E-state index contributed by atoms with van der Waals surface area (Å²) in [4.78, 5) is 48.5. The molecule has 0 aliphatic carbocycles. The first-order chi connectivity index (χ1) is 16.7. The van der Waals surface area contributed by atoms with E-state index in [2.05, 4.69) is 0 Å². The zero-order chi connectivity index (χ0) is 25.5. The second-order valence-electron chi connectivity index (χ2n) is 8.00. The summed E-state index contributed by atoms with van der Waals surface area (Å²) in [5.41, 5.74) is 0.470. The van der Waals surface area contributed by atoms with Crippen molar-refractivity contribution in [2.75, 3.05) is 13.2 Å². The summed E-state index contributed by atoms with van der Waals surface area (Å²) >= 11 is 0. The molecule has 0 bridgehead atoms. The second-order valence-corrected chi connectivity index (χ2v) is 8.00. The maximum Gasteiger partial charge on any atom is 0.303 e. The maximum absolute atomic E-state index is 13.0. The lowest BCUT2D eigenvalue weighted by molar-refractivity contribution is -0.384. The number of ketones is 1. The average Bonchev–Trinajstić information content (AvgIpc) is 3.09. The highest BCUT2D eigenvalue weighted by atomic mass is 16.6. The molecule has 1 amide bonds. The van der Waals surface area contributed by atoms with Crippen LogP contribution in [0, 0.1) is 10.1 Å². The highest BCUT2D eigenvalue weighted by Crippen LogP contribution is 2.40. The number of ether oxygens (including phenoxy) is 1. The number of carbonyl (C=O) groups excluding carboxylic acids is 2. The summed E-state index contributed by atoms with van der Waals surface area (Å²) in [6, 6.07) is 11.0. The van der Waals surface area contributed by atoms with E-state index in [1.54, 1.807) is 24.3 Å². The maximum atomic E-state index is 13.0. The predicted molar refractivity (Wildman–Crippen MR) is 126 cm³/mol. The Morgan fingerprint density at radius 3 is 2.26 bits per heavy atom. The lowest BCUT2D eigenvalue weighted by Crippen LogP contribution is -2.30. The molecule has 1 aliphatic heterocycles. The molecule has 1 atom stereocenters. The van der Waals surface area contributed by atoms with Crippen molar-refractivity contribution in [1.29, 1.82) is 0 Å². The third-order valence-corrected chi connectivity index (χ3v) is 5.69. The van der Waals surface area contributed by atoms with Crippen LogP contribution >= 0.6 is 0 Å². The van der Waals surface area contributed by atoms with E-state index in [1.807, 2.05) is 6.92 Å². The molecular weight excluding hydrogens is 456 g/mol. The molecule has 10 heteroatoms. The van der Waals surface area contributed by atoms with Gasteiger partial charge in [-0.1, -0.05) is 18.6 Å². The van der Waals surface area contributed by atoms with Crippen LogP contribution in [0.4, 0.5) is 5.69 Å². The van der Waals surface area contributed by atoms with E-state index in [4.69, 9.17) is 9.84 Å². The van der Waals surface area contributed by atoms with Crippen molar-refractivity contribution in [3.05, 3.63) is 75.3 Å². The van der Waals surface area contributed by atoms with E-state index < -0.39 is 34.4 Å². The molecule has 2 aromatic carbocycles. The number of rotatable bonds is 11. The molecular formula is C25H26N2O8. The molecule has 35 heavy (non-hydrogen) atoms. The van der Waals surface area contributed by atoms with Gasteiger partial charge in [0.1, 0.15) is 11.5 Å². The van der Waals surface area contributed by atoms with Crippen molar-refractivity contribution in [3.8, 4) is 5.75 Å².